The first-order valence-corrected chi connectivity index (χ1v) is 11.0. The van der Waals surface area contributed by atoms with Crippen LogP contribution >= 0.6 is 0 Å². The van der Waals surface area contributed by atoms with Gasteiger partial charge in [0.25, 0.3) is 0 Å². The normalized spacial score (nSPS) is 16.7. The highest BCUT2D eigenvalue weighted by Gasteiger charge is 2.23. The smallest absolute Gasteiger partial charge is 0.231 e. The topological polar surface area (TPSA) is 128 Å². The maximum Gasteiger partial charge on any atom is 0.231 e. The lowest BCUT2D eigenvalue weighted by Crippen LogP contribution is -2.28. The Morgan fingerprint density at radius 3 is 2.88 bits per heavy atom. The quantitative estimate of drug-likeness (QED) is 0.525. The van der Waals surface area contributed by atoms with Gasteiger partial charge in [-0.2, -0.15) is 15.2 Å². The van der Waals surface area contributed by atoms with Crippen LogP contribution in [0.3, 0.4) is 0 Å². The van der Waals surface area contributed by atoms with Gasteiger partial charge in [-0.3, -0.25) is 4.79 Å². The summed E-state index contributed by atoms with van der Waals surface area (Å²) in [5.74, 6) is 1.67. The average molecular weight is 447 g/mol. The average Bonchev–Trinajstić information content (AvgIpc) is 3.46. The van der Waals surface area contributed by atoms with Gasteiger partial charge in [-0.05, 0) is 31.4 Å². The van der Waals surface area contributed by atoms with Gasteiger partial charge in [0.2, 0.25) is 11.9 Å². The summed E-state index contributed by atoms with van der Waals surface area (Å²) in [5, 5.41) is 16.9. The van der Waals surface area contributed by atoms with E-state index in [2.05, 4.69) is 26.7 Å². The van der Waals surface area contributed by atoms with E-state index in [1.165, 1.54) is 0 Å². The number of nitrogens with zero attached hydrogens (tertiary/aromatic N) is 4. The first-order chi connectivity index (χ1) is 16.2. The maximum atomic E-state index is 12.1. The Kier molecular flexibility index (Phi) is 5.71. The first-order valence-electron chi connectivity index (χ1n) is 11.0. The van der Waals surface area contributed by atoms with Gasteiger partial charge in [0.15, 0.2) is 0 Å². The first kappa shape index (κ1) is 21.0. The molecule has 10 heteroatoms. The van der Waals surface area contributed by atoms with E-state index in [-0.39, 0.29) is 11.9 Å². The molecule has 2 fully saturated rings. The van der Waals surface area contributed by atoms with E-state index in [1.807, 2.05) is 18.2 Å². The number of hydrogen-bond acceptors (Lipinski definition) is 8. The molecule has 4 heterocycles. The predicted molar refractivity (Wildman–Crippen MR) is 124 cm³/mol. The molecule has 2 saturated heterocycles. The molecule has 0 saturated carbocycles. The fourth-order valence-electron chi connectivity index (χ4n) is 4.31. The Labute approximate surface area is 190 Å². The van der Waals surface area contributed by atoms with Crippen molar-refractivity contribution < 1.29 is 14.3 Å². The van der Waals surface area contributed by atoms with E-state index in [0.717, 1.165) is 24.9 Å². The number of nitrogens with one attached hydrogen (secondary N) is 3. The van der Waals surface area contributed by atoms with Crippen molar-refractivity contribution in [2.75, 3.05) is 42.4 Å². The van der Waals surface area contributed by atoms with Crippen molar-refractivity contribution in [1.82, 2.24) is 15.0 Å². The Bertz CT molecular complexity index is 1230. The molecular weight excluding hydrogens is 422 g/mol. The number of amides is 1. The van der Waals surface area contributed by atoms with Crippen LogP contribution in [0.2, 0.25) is 0 Å². The molecule has 170 valence electrons. The molecule has 10 nitrogen and oxygen atoms in total. The van der Waals surface area contributed by atoms with Gasteiger partial charge in [0.05, 0.1) is 23.7 Å². The number of carbonyl (C=O) groups is 1. The van der Waals surface area contributed by atoms with Crippen molar-refractivity contribution in [1.29, 1.82) is 5.26 Å². The number of rotatable bonds is 6. The van der Waals surface area contributed by atoms with E-state index in [1.54, 1.807) is 18.2 Å². The number of aromatic amines is 1. The molecule has 2 aliphatic heterocycles. The summed E-state index contributed by atoms with van der Waals surface area (Å²) < 4.78 is 11.0. The summed E-state index contributed by atoms with van der Waals surface area (Å²) >= 11 is 0. The van der Waals surface area contributed by atoms with Crippen molar-refractivity contribution in [2.45, 2.75) is 31.7 Å². The highest BCUT2D eigenvalue weighted by molar-refractivity contribution is 5.96. The molecule has 5 rings (SSSR count). The van der Waals surface area contributed by atoms with Crippen LogP contribution in [0.15, 0.2) is 24.4 Å². The summed E-state index contributed by atoms with van der Waals surface area (Å²) in [6, 6.07) is 7.99. The number of aromatic nitrogens is 3. The summed E-state index contributed by atoms with van der Waals surface area (Å²) in [6.45, 7) is 2.10. The van der Waals surface area contributed by atoms with E-state index in [4.69, 9.17) is 14.5 Å². The third-order valence-electron chi connectivity index (χ3n) is 6.03. The molecule has 0 unspecified atom stereocenters. The molecule has 0 radical (unpaired) electrons. The standard InChI is InChI=1S/C23H25N7O3/c1-32-18-11-16(30-8-2-3-19(30)31)4-5-17(18)27-23-28-21-20(14(12-24)13-25-21)22(29-23)26-15-6-9-33-10-7-15/h4-5,11,13,15H,2-3,6-10H2,1H3,(H3,25,26,27,28,29). The molecule has 2 aliphatic rings. The number of anilines is 4. The number of fused-ring (bicyclic) bond motifs is 1. The highest BCUT2D eigenvalue weighted by atomic mass is 16.5. The van der Waals surface area contributed by atoms with Gasteiger partial charge in [-0.15, -0.1) is 0 Å². The van der Waals surface area contributed by atoms with Crippen LogP contribution in [0.1, 0.15) is 31.2 Å². The second-order valence-electron chi connectivity index (χ2n) is 8.12. The lowest BCUT2D eigenvalue weighted by molar-refractivity contribution is -0.117. The van der Waals surface area contributed by atoms with Crippen LogP contribution in [0.5, 0.6) is 5.75 Å². The SMILES string of the molecule is COc1cc(N2CCCC2=O)ccc1Nc1nc(NC2CCOCC2)c2c(C#N)c[nH]c2n1. The van der Waals surface area contributed by atoms with Gasteiger partial charge in [-0.1, -0.05) is 0 Å². The Balaban J connectivity index is 1.47. The maximum absolute atomic E-state index is 12.1. The van der Waals surface area contributed by atoms with Crippen LogP contribution in [0, 0.1) is 11.3 Å². The molecule has 3 aromatic rings. The zero-order valence-electron chi connectivity index (χ0n) is 18.4. The molecule has 1 amide bonds. The van der Waals surface area contributed by atoms with Crippen molar-refractivity contribution in [3.05, 3.63) is 30.0 Å². The van der Waals surface area contributed by atoms with Crippen LogP contribution in [0.25, 0.3) is 11.0 Å². The van der Waals surface area contributed by atoms with Crippen molar-refractivity contribution in [3.63, 3.8) is 0 Å². The van der Waals surface area contributed by atoms with E-state index in [9.17, 15) is 10.1 Å². The molecular formula is C23H25N7O3. The van der Waals surface area contributed by atoms with Gasteiger partial charge in [0, 0.05) is 50.2 Å². The summed E-state index contributed by atoms with van der Waals surface area (Å²) in [5.41, 5.74) is 2.54. The minimum atomic E-state index is 0.121. The number of ether oxygens (including phenoxy) is 2. The summed E-state index contributed by atoms with van der Waals surface area (Å²) in [4.78, 5) is 26.2. The van der Waals surface area contributed by atoms with Gasteiger partial charge < -0.3 is 30.0 Å². The largest absolute Gasteiger partial charge is 0.494 e. The van der Waals surface area contributed by atoms with Crippen LogP contribution < -0.4 is 20.3 Å². The minimum absolute atomic E-state index is 0.121. The lowest BCUT2D eigenvalue weighted by atomic mass is 10.1. The number of carbonyl (C=O) groups excluding carboxylic acids is 1. The van der Waals surface area contributed by atoms with Gasteiger partial charge in [0.1, 0.15) is 23.3 Å². The van der Waals surface area contributed by atoms with E-state index in [0.29, 0.717) is 66.0 Å². The van der Waals surface area contributed by atoms with Gasteiger partial charge >= 0.3 is 0 Å². The molecule has 0 aliphatic carbocycles. The minimum Gasteiger partial charge on any atom is -0.494 e. The predicted octanol–water partition coefficient (Wildman–Crippen LogP) is 3.30. The van der Waals surface area contributed by atoms with Crippen LogP contribution in [0.4, 0.5) is 23.1 Å². The zero-order valence-corrected chi connectivity index (χ0v) is 18.4. The molecule has 0 bridgehead atoms. The zero-order chi connectivity index (χ0) is 22.8. The number of nitriles is 1. The Morgan fingerprint density at radius 1 is 1.30 bits per heavy atom. The fourth-order valence-corrected chi connectivity index (χ4v) is 4.31. The molecule has 33 heavy (non-hydrogen) atoms. The third kappa shape index (κ3) is 4.15. The van der Waals surface area contributed by atoms with Crippen molar-refractivity contribution in [2.24, 2.45) is 0 Å². The lowest BCUT2D eigenvalue weighted by Gasteiger charge is -2.24. The van der Waals surface area contributed by atoms with Crippen molar-refractivity contribution in [3.8, 4) is 11.8 Å². The van der Waals surface area contributed by atoms with Crippen molar-refractivity contribution >= 4 is 40.1 Å². The van der Waals surface area contributed by atoms with E-state index < -0.39 is 0 Å². The molecule has 3 N–H and O–H groups in total. The number of H-pyrrole nitrogens is 1. The van der Waals surface area contributed by atoms with Gasteiger partial charge in [-0.25, -0.2) is 0 Å². The van der Waals surface area contributed by atoms with Crippen LogP contribution in [-0.4, -0.2) is 53.8 Å². The Hall–Kier alpha value is -3.84. The Morgan fingerprint density at radius 2 is 2.15 bits per heavy atom. The summed E-state index contributed by atoms with van der Waals surface area (Å²) in [6.07, 6.45) is 4.80. The summed E-state index contributed by atoms with van der Waals surface area (Å²) in [7, 11) is 1.59. The highest BCUT2D eigenvalue weighted by Crippen LogP contribution is 2.34. The molecule has 0 spiro atoms. The monoisotopic (exact) mass is 447 g/mol. The molecule has 0 atom stereocenters. The molecule has 1 aromatic carbocycles. The number of hydrogen-bond donors (Lipinski definition) is 3. The number of benzene rings is 1. The molecule has 2 aromatic heterocycles. The van der Waals surface area contributed by atoms with E-state index >= 15 is 0 Å². The fraction of sp³-hybridized carbons (Fsp3) is 0.391. The second-order valence-corrected chi connectivity index (χ2v) is 8.12. The third-order valence-corrected chi connectivity index (χ3v) is 6.03. The second kappa shape index (κ2) is 8.96. The van der Waals surface area contributed by atoms with Crippen LogP contribution in [-0.2, 0) is 9.53 Å². The number of methoxy groups -OCH3 is 1.